The fraction of sp³-hybridized carbons (Fsp3) is 0.385. The molecule has 0 unspecified atom stereocenters. The standard InChI is InChI=1S/C13H13N3O2/c1-18-11-6-9(7-14)12(10(8-15)13(11)17)16-4-2-3-5-16/h6,17H,2-5H2,1H3. The highest BCUT2D eigenvalue weighted by Gasteiger charge is 2.24. The third-order valence-corrected chi connectivity index (χ3v) is 3.11. The van der Waals surface area contributed by atoms with Crippen molar-refractivity contribution >= 4 is 5.69 Å². The lowest BCUT2D eigenvalue weighted by atomic mass is 10.1. The summed E-state index contributed by atoms with van der Waals surface area (Å²) < 4.78 is 4.98. The van der Waals surface area contributed by atoms with Gasteiger partial charge in [-0.05, 0) is 12.8 Å². The van der Waals surface area contributed by atoms with Gasteiger partial charge in [0.25, 0.3) is 0 Å². The normalized spacial score (nSPS) is 14.1. The number of rotatable bonds is 2. The van der Waals surface area contributed by atoms with Gasteiger partial charge in [-0.2, -0.15) is 10.5 Å². The molecular weight excluding hydrogens is 230 g/mol. The lowest BCUT2D eigenvalue weighted by Crippen LogP contribution is -2.20. The van der Waals surface area contributed by atoms with E-state index in [1.807, 2.05) is 11.0 Å². The summed E-state index contributed by atoms with van der Waals surface area (Å²) in [5.41, 5.74) is 1.01. The first-order valence-corrected chi connectivity index (χ1v) is 5.72. The van der Waals surface area contributed by atoms with Gasteiger partial charge in [0.2, 0.25) is 0 Å². The largest absolute Gasteiger partial charge is 0.503 e. The Bertz CT molecular complexity index is 549. The summed E-state index contributed by atoms with van der Waals surface area (Å²) in [4.78, 5) is 1.97. The highest BCUT2D eigenvalue weighted by Crippen LogP contribution is 2.40. The zero-order valence-electron chi connectivity index (χ0n) is 10.1. The first-order chi connectivity index (χ1) is 8.72. The number of phenols is 1. The van der Waals surface area contributed by atoms with Crippen molar-refractivity contribution in [1.82, 2.24) is 0 Å². The number of hydrogen-bond acceptors (Lipinski definition) is 5. The molecule has 0 atom stereocenters. The number of benzene rings is 1. The van der Waals surface area contributed by atoms with Crippen molar-refractivity contribution in [1.29, 1.82) is 10.5 Å². The predicted octanol–water partition coefficient (Wildman–Crippen LogP) is 1.74. The van der Waals surface area contributed by atoms with Crippen LogP contribution in [0.2, 0.25) is 0 Å². The zero-order chi connectivity index (χ0) is 13.1. The molecule has 0 aromatic heterocycles. The Morgan fingerprint density at radius 1 is 1.28 bits per heavy atom. The van der Waals surface area contributed by atoms with Crippen LogP contribution < -0.4 is 9.64 Å². The van der Waals surface area contributed by atoms with E-state index < -0.39 is 0 Å². The molecule has 0 aliphatic carbocycles. The van der Waals surface area contributed by atoms with Gasteiger partial charge in [-0.1, -0.05) is 0 Å². The summed E-state index contributed by atoms with van der Waals surface area (Å²) in [6.45, 7) is 1.60. The van der Waals surface area contributed by atoms with Crippen molar-refractivity contribution in [3.63, 3.8) is 0 Å². The van der Waals surface area contributed by atoms with Gasteiger partial charge in [0.15, 0.2) is 11.5 Å². The van der Waals surface area contributed by atoms with Crippen LogP contribution in [-0.2, 0) is 0 Å². The minimum absolute atomic E-state index is 0.118. The Morgan fingerprint density at radius 2 is 1.94 bits per heavy atom. The molecule has 2 rings (SSSR count). The monoisotopic (exact) mass is 243 g/mol. The molecule has 0 radical (unpaired) electrons. The second-order valence-corrected chi connectivity index (χ2v) is 4.12. The van der Waals surface area contributed by atoms with Crippen molar-refractivity contribution in [2.75, 3.05) is 25.1 Å². The molecule has 1 heterocycles. The van der Waals surface area contributed by atoms with E-state index in [0.717, 1.165) is 25.9 Å². The number of aromatic hydroxyl groups is 1. The van der Waals surface area contributed by atoms with E-state index in [1.165, 1.54) is 13.2 Å². The van der Waals surface area contributed by atoms with Crippen LogP contribution in [-0.4, -0.2) is 25.3 Å². The quantitative estimate of drug-likeness (QED) is 0.855. The fourth-order valence-electron chi connectivity index (χ4n) is 2.25. The molecule has 1 saturated heterocycles. The maximum absolute atomic E-state index is 9.97. The maximum atomic E-state index is 9.97. The van der Waals surface area contributed by atoms with Crippen LogP contribution in [0.5, 0.6) is 11.5 Å². The van der Waals surface area contributed by atoms with Gasteiger partial charge in [0.1, 0.15) is 17.7 Å². The van der Waals surface area contributed by atoms with Gasteiger partial charge in [-0.3, -0.25) is 0 Å². The molecule has 1 aromatic rings. The lowest BCUT2D eigenvalue weighted by Gasteiger charge is -2.21. The van der Waals surface area contributed by atoms with Crippen LogP contribution in [0.25, 0.3) is 0 Å². The van der Waals surface area contributed by atoms with E-state index in [-0.39, 0.29) is 17.1 Å². The molecule has 0 spiro atoms. The van der Waals surface area contributed by atoms with Gasteiger partial charge >= 0.3 is 0 Å². The average molecular weight is 243 g/mol. The molecule has 5 nitrogen and oxygen atoms in total. The Morgan fingerprint density at radius 3 is 2.44 bits per heavy atom. The molecule has 1 aliphatic rings. The lowest BCUT2D eigenvalue weighted by molar-refractivity contribution is 0.372. The van der Waals surface area contributed by atoms with Crippen LogP contribution in [0, 0.1) is 22.7 Å². The third kappa shape index (κ3) is 1.80. The highest BCUT2D eigenvalue weighted by molar-refractivity contribution is 5.75. The third-order valence-electron chi connectivity index (χ3n) is 3.11. The average Bonchev–Trinajstić information content (AvgIpc) is 2.91. The van der Waals surface area contributed by atoms with Gasteiger partial charge in [-0.15, -0.1) is 0 Å². The molecule has 1 N–H and O–H groups in total. The number of hydrogen-bond donors (Lipinski definition) is 1. The van der Waals surface area contributed by atoms with E-state index in [2.05, 4.69) is 6.07 Å². The molecular formula is C13H13N3O2. The molecule has 1 aromatic carbocycles. The van der Waals surface area contributed by atoms with Crippen LogP contribution in [0.3, 0.4) is 0 Å². The molecule has 5 heteroatoms. The van der Waals surface area contributed by atoms with Crippen LogP contribution in [0.1, 0.15) is 24.0 Å². The highest BCUT2D eigenvalue weighted by atomic mass is 16.5. The van der Waals surface area contributed by atoms with Crippen molar-refractivity contribution in [3.8, 4) is 23.6 Å². The first-order valence-electron chi connectivity index (χ1n) is 5.72. The number of methoxy groups -OCH3 is 1. The van der Waals surface area contributed by atoms with Gasteiger partial charge in [0.05, 0.1) is 18.4 Å². The first kappa shape index (κ1) is 12.1. The van der Waals surface area contributed by atoms with E-state index >= 15 is 0 Å². The van der Waals surface area contributed by atoms with Crippen molar-refractivity contribution < 1.29 is 9.84 Å². The Kier molecular flexibility index (Phi) is 3.25. The molecule has 0 bridgehead atoms. The smallest absolute Gasteiger partial charge is 0.178 e. The number of phenolic OH excluding ortho intramolecular Hbond substituents is 1. The SMILES string of the molecule is COc1cc(C#N)c(N2CCCC2)c(C#N)c1O. The number of nitriles is 2. The van der Waals surface area contributed by atoms with Crippen LogP contribution in [0.15, 0.2) is 6.07 Å². The Balaban J connectivity index is 2.66. The molecule has 0 saturated carbocycles. The van der Waals surface area contributed by atoms with Crippen molar-refractivity contribution in [3.05, 3.63) is 17.2 Å². The molecule has 18 heavy (non-hydrogen) atoms. The fourth-order valence-corrected chi connectivity index (χ4v) is 2.25. The van der Waals surface area contributed by atoms with E-state index in [0.29, 0.717) is 11.3 Å². The zero-order valence-corrected chi connectivity index (χ0v) is 10.1. The summed E-state index contributed by atoms with van der Waals surface area (Å²) in [7, 11) is 1.40. The molecule has 1 fully saturated rings. The van der Waals surface area contributed by atoms with E-state index in [4.69, 9.17) is 4.74 Å². The summed E-state index contributed by atoms with van der Waals surface area (Å²) in [5, 5.41) is 28.4. The molecule has 92 valence electrons. The molecule has 0 amide bonds. The number of anilines is 1. The van der Waals surface area contributed by atoms with Crippen LogP contribution in [0.4, 0.5) is 5.69 Å². The van der Waals surface area contributed by atoms with E-state index in [9.17, 15) is 15.6 Å². The summed E-state index contributed by atoms with van der Waals surface area (Å²) in [6, 6.07) is 5.51. The second kappa shape index (κ2) is 4.85. The van der Waals surface area contributed by atoms with Gasteiger partial charge in [-0.25, -0.2) is 0 Å². The summed E-state index contributed by atoms with van der Waals surface area (Å²) in [5.74, 6) is -0.0352. The van der Waals surface area contributed by atoms with Gasteiger partial charge < -0.3 is 14.7 Å². The summed E-state index contributed by atoms with van der Waals surface area (Å²) >= 11 is 0. The topological polar surface area (TPSA) is 80.3 Å². The second-order valence-electron chi connectivity index (χ2n) is 4.12. The molecule has 1 aliphatic heterocycles. The number of nitrogens with zero attached hydrogens (tertiary/aromatic N) is 3. The number of ether oxygens (including phenoxy) is 1. The predicted molar refractivity (Wildman–Crippen MR) is 65.5 cm³/mol. The van der Waals surface area contributed by atoms with Crippen molar-refractivity contribution in [2.24, 2.45) is 0 Å². The Hall–Kier alpha value is -2.40. The summed E-state index contributed by atoms with van der Waals surface area (Å²) in [6.07, 6.45) is 2.06. The van der Waals surface area contributed by atoms with Gasteiger partial charge in [0, 0.05) is 19.2 Å². The van der Waals surface area contributed by atoms with Crippen molar-refractivity contribution in [2.45, 2.75) is 12.8 Å². The minimum Gasteiger partial charge on any atom is -0.503 e. The maximum Gasteiger partial charge on any atom is 0.178 e. The minimum atomic E-state index is -0.194. The van der Waals surface area contributed by atoms with Crippen LogP contribution >= 0.6 is 0 Å². The Labute approximate surface area is 105 Å². The van der Waals surface area contributed by atoms with E-state index in [1.54, 1.807) is 0 Å².